The predicted molar refractivity (Wildman–Crippen MR) is 109 cm³/mol. The zero-order valence-electron chi connectivity index (χ0n) is 15.1. The van der Waals surface area contributed by atoms with Gasteiger partial charge in [-0.2, -0.15) is 5.10 Å². The van der Waals surface area contributed by atoms with Crippen molar-refractivity contribution in [1.82, 2.24) is 19.3 Å². The number of para-hydroxylation sites is 1. The summed E-state index contributed by atoms with van der Waals surface area (Å²) in [6.07, 6.45) is 1.11. The molecule has 29 heavy (non-hydrogen) atoms. The van der Waals surface area contributed by atoms with Gasteiger partial charge in [-0.05, 0) is 24.3 Å². The first-order valence-electron chi connectivity index (χ1n) is 8.61. The third-order valence-electron chi connectivity index (χ3n) is 4.30. The number of hydrogen-bond acceptors (Lipinski definition) is 3. The normalized spacial score (nSPS) is 11.9. The van der Waals surface area contributed by atoms with Crippen LogP contribution in [0.3, 0.4) is 0 Å². The maximum absolute atomic E-state index is 13.5. The Kier molecular flexibility index (Phi) is 4.88. The number of alkyl halides is 2. The third-order valence-corrected chi connectivity index (χ3v) is 4.87. The van der Waals surface area contributed by atoms with Gasteiger partial charge in [0.05, 0.1) is 23.6 Å². The van der Waals surface area contributed by atoms with E-state index in [1.165, 1.54) is 4.68 Å². The molecule has 0 bridgehead atoms. The van der Waals surface area contributed by atoms with Crippen LogP contribution in [0.5, 0.6) is 0 Å². The van der Waals surface area contributed by atoms with Crippen LogP contribution in [-0.4, -0.2) is 25.3 Å². The Balaban J connectivity index is 2.04. The summed E-state index contributed by atoms with van der Waals surface area (Å²) in [6.45, 7) is -0.0465. The van der Waals surface area contributed by atoms with Gasteiger partial charge in [0.25, 0.3) is 11.5 Å². The Morgan fingerprint density at radius 2 is 1.72 bits per heavy atom. The lowest BCUT2D eigenvalue weighted by atomic mass is 10.1. The minimum atomic E-state index is -3.07. The highest BCUT2D eigenvalue weighted by atomic mass is 35.5. The maximum Gasteiger partial charge on any atom is 0.281 e. The molecule has 0 spiro atoms. The molecule has 2 aromatic carbocycles. The van der Waals surface area contributed by atoms with Crippen molar-refractivity contribution in [2.24, 2.45) is 0 Å². The molecular formula is C20H14Cl2F2N4O. The molecule has 4 aromatic rings. The first kappa shape index (κ1) is 19.5. The molecule has 2 heterocycles. The van der Waals surface area contributed by atoms with E-state index >= 15 is 0 Å². The standard InChI is InChI=1S/C20H14Cl2F2N4O/c1-20(23,24)10-27-11-25-16-17(19(27)29)26-28(15-5-3-2-4-14(15)22)18(16)12-6-8-13(21)9-7-12/h2-9,11H,10H2,1H3. The van der Waals surface area contributed by atoms with Gasteiger partial charge in [0.15, 0.2) is 5.52 Å². The fourth-order valence-corrected chi connectivity index (χ4v) is 3.41. The zero-order valence-corrected chi connectivity index (χ0v) is 16.6. The minimum absolute atomic E-state index is 0.0263. The van der Waals surface area contributed by atoms with Crippen molar-refractivity contribution in [3.63, 3.8) is 0 Å². The van der Waals surface area contributed by atoms with Crippen molar-refractivity contribution in [2.45, 2.75) is 19.4 Å². The summed E-state index contributed by atoms with van der Waals surface area (Å²) in [5.41, 5.74) is 1.34. The van der Waals surface area contributed by atoms with E-state index in [1.54, 1.807) is 48.5 Å². The Labute approximate surface area is 174 Å². The highest BCUT2D eigenvalue weighted by Crippen LogP contribution is 2.32. The molecule has 0 fully saturated rings. The van der Waals surface area contributed by atoms with Crippen molar-refractivity contribution in [3.05, 3.63) is 75.3 Å². The van der Waals surface area contributed by atoms with E-state index in [0.717, 1.165) is 17.8 Å². The number of rotatable bonds is 4. The van der Waals surface area contributed by atoms with Crippen LogP contribution in [-0.2, 0) is 6.54 Å². The van der Waals surface area contributed by atoms with Crippen LogP contribution in [0.25, 0.3) is 28.0 Å². The van der Waals surface area contributed by atoms with Crippen molar-refractivity contribution >= 4 is 34.2 Å². The number of nitrogens with zero attached hydrogens (tertiary/aromatic N) is 4. The average Bonchev–Trinajstić information content (AvgIpc) is 3.04. The molecular weight excluding hydrogens is 421 g/mol. The van der Waals surface area contributed by atoms with Gasteiger partial charge in [-0.1, -0.05) is 47.5 Å². The van der Waals surface area contributed by atoms with Gasteiger partial charge in [0.2, 0.25) is 0 Å². The zero-order chi connectivity index (χ0) is 20.8. The minimum Gasteiger partial charge on any atom is -0.291 e. The molecule has 0 saturated heterocycles. The molecule has 0 atom stereocenters. The van der Waals surface area contributed by atoms with E-state index in [9.17, 15) is 13.6 Å². The summed E-state index contributed by atoms with van der Waals surface area (Å²) in [5.74, 6) is -3.07. The molecule has 0 aliphatic carbocycles. The molecule has 2 aromatic heterocycles. The number of fused-ring (bicyclic) bond motifs is 1. The molecule has 0 amide bonds. The lowest BCUT2D eigenvalue weighted by molar-refractivity contribution is 0.00283. The summed E-state index contributed by atoms with van der Waals surface area (Å²) < 4.78 is 29.3. The van der Waals surface area contributed by atoms with Gasteiger partial charge in [0.1, 0.15) is 11.2 Å². The van der Waals surface area contributed by atoms with E-state index in [2.05, 4.69) is 10.1 Å². The lowest BCUT2D eigenvalue weighted by Gasteiger charge is -2.11. The van der Waals surface area contributed by atoms with E-state index < -0.39 is 18.0 Å². The van der Waals surface area contributed by atoms with E-state index in [1.807, 2.05) is 0 Å². The first-order chi connectivity index (χ1) is 13.7. The number of aromatic nitrogens is 4. The Morgan fingerprint density at radius 1 is 1.03 bits per heavy atom. The predicted octanol–water partition coefficient (Wildman–Crippen LogP) is 5.21. The Morgan fingerprint density at radius 3 is 2.38 bits per heavy atom. The highest BCUT2D eigenvalue weighted by molar-refractivity contribution is 6.32. The SMILES string of the molecule is CC(F)(F)Cn1cnc2c(-c3ccc(Cl)cc3)n(-c3ccccc3Cl)nc2c1=O. The summed E-state index contributed by atoms with van der Waals surface area (Å²) in [6, 6.07) is 13.9. The monoisotopic (exact) mass is 434 g/mol. The van der Waals surface area contributed by atoms with Gasteiger partial charge >= 0.3 is 0 Å². The summed E-state index contributed by atoms with van der Waals surface area (Å²) in [4.78, 5) is 17.1. The molecule has 5 nitrogen and oxygen atoms in total. The molecule has 4 rings (SSSR count). The number of halogens is 4. The quantitative estimate of drug-likeness (QED) is 0.442. The van der Waals surface area contributed by atoms with Gasteiger partial charge in [-0.3, -0.25) is 9.36 Å². The molecule has 0 aliphatic rings. The molecule has 0 aliphatic heterocycles. The van der Waals surface area contributed by atoms with Crippen LogP contribution < -0.4 is 5.56 Å². The van der Waals surface area contributed by atoms with Crippen molar-refractivity contribution in [3.8, 4) is 16.9 Å². The number of benzene rings is 2. The maximum atomic E-state index is 13.5. The third kappa shape index (κ3) is 3.75. The Hall–Kier alpha value is -2.77. The van der Waals surface area contributed by atoms with Crippen LogP contribution in [0.1, 0.15) is 6.92 Å². The molecule has 9 heteroatoms. The van der Waals surface area contributed by atoms with Gasteiger partial charge < -0.3 is 0 Å². The van der Waals surface area contributed by atoms with E-state index in [-0.39, 0.29) is 11.0 Å². The molecule has 0 unspecified atom stereocenters. The van der Waals surface area contributed by atoms with Crippen LogP contribution in [0.2, 0.25) is 10.0 Å². The van der Waals surface area contributed by atoms with Crippen LogP contribution >= 0.6 is 23.2 Å². The summed E-state index contributed by atoms with van der Waals surface area (Å²) >= 11 is 12.3. The smallest absolute Gasteiger partial charge is 0.281 e. The van der Waals surface area contributed by atoms with Gasteiger partial charge in [-0.15, -0.1) is 0 Å². The molecule has 148 valence electrons. The second-order valence-electron chi connectivity index (χ2n) is 6.66. The van der Waals surface area contributed by atoms with Crippen molar-refractivity contribution in [1.29, 1.82) is 0 Å². The molecule has 0 radical (unpaired) electrons. The average molecular weight is 435 g/mol. The fraction of sp³-hybridized carbons (Fsp3) is 0.150. The lowest BCUT2D eigenvalue weighted by Crippen LogP contribution is -2.29. The van der Waals surface area contributed by atoms with Crippen molar-refractivity contribution in [2.75, 3.05) is 0 Å². The fourth-order valence-electron chi connectivity index (χ4n) is 3.07. The van der Waals surface area contributed by atoms with Crippen molar-refractivity contribution < 1.29 is 8.78 Å². The topological polar surface area (TPSA) is 52.7 Å². The number of hydrogen-bond donors (Lipinski definition) is 0. The van der Waals surface area contributed by atoms with E-state index in [0.29, 0.717) is 27.0 Å². The second kappa shape index (κ2) is 7.24. The van der Waals surface area contributed by atoms with Gasteiger partial charge in [-0.25, -0.2) is 18.4 Å². The molecule has 0 saturated carbocycles. The van der Waals surface area contributed by atoms with Gasteiger partial charge in [0, 0.05) is 17.5 Å². The van der Waals surface area contributed by atoms with Crippen LogP contribution in [0.4, 0.5) is 8.78 Å². The Bertz CT molecular complexity index is 1260. The summed E-state index contributed by atoms with van der Waals surface area (Å²) in [5, 5.41) is 5.35. The summed E-state index contributed by atoms with van der Waals surface area (Å²) in [7, 11) is 0. The largest absolute Gasteiger partial charge is 0.291 e. The van der Waals surface area contributed by atoms with E-state index in [4.69, 9.17) is 23.2 Å². The first-order valence-corrected chi connectivity index (χ1v) is 9.37. The van der Waals surface area contributed by atoms with Crippen LogP contribution in [0.15, 0.2) is 59.7 Å². The molecule has 0 N–H and O–H groups in total. The highest BCUT2D eigenvalue weighted by Gasteiger charge is 2.25. The second-order valence-corrected chi connectivity index (χ2v) is 7.51. The van der Waals surface area contributed by atoms with Crippen LogP contribution in [0, 0.1) is 0 Å².